The number of urea groups is 1. The third kappa shape index (κ3) is 7.51. The normalized spacial score (nSPS) is 20.7. The monoisotopic (exact) mass is 586 g/mol. The van der Waals surface area contributed by atoms with Crippen molar-refractivity contribution in [2.45, 2.75) is 76.0 Å². The molecule has 1 saturated carbocycles. The fourth-order valence-electron chi connectivity index (χ4n) is 5.32. The Morgan fingerprint density at radius 3 is 2.49 bits per heavy atom. The maximum atomic E-state index is 13.7. The maximum absolute atomic E-state index is 13.7. The summed E-state index contributed by atoms with van der Waals surface area (Å²) in [6, 6.07) is 10.6. The van der Waals surface area contributed by atoms with Crippen LogP contribution in [-0.2, 0) is 10.0 Å². The van der Waals surface area contributed by atoms with Crippen LogP contribution in [0.1, 0.15) is 61.9 Å². The number of amides is 3. The Bertz CT molecular complexity index is 1330. The highest BCUT2D eigenvalue weighted by atomic mass is 32.2. The molecule has 224 valence electrons. The Hall–Kier alpha value is -3.31. The minimum atomic E-state index is -3.89. The number of aliphatic hydroxyl groups excluding tert-OH is 1. The number of carbonyl (C=O) groups is 2. The van der Waals surface area contributed by atoms with E-state index >= 15 is 0 Å². The molecular weight excluding hydrogens is 544 g/mol. The minimum absolute atomic E-state index is 0.108. The van der Waals surface area contributed by atoms with Crippen LogP contribution < -0.4 is 14.8 Å². The van der Waals surface area contributed by atoms with Crippen molar-refractivity contribution in [1.82, 2.24) is 15.1 Å². The van der Waals surface area contributed by atoms with Crippen molar-refractivity contribution >= 4 is 27.6 Å². The summed E-state index contributed by atoms with van der Waals surface area (Å²) in [4.78, 5) is 30.0. The zero-order chi connectivity index (χ0) is 29.7. The molecule has 2 aromatic carbocycles. The Balaban J connectivity index is 1.59. The van der Waals surface area contributed by atoms with Gasteiger partial charge >= 0.3 is 6.03 Å². The first-order valence-corrected chi connectivity index (χ1v) is 15.8. The van der Waals surface area contributed by atoms with Gasteiger partial charge in [0.15, 0.2) is 0 Å². The number of fused-ring (bicyclic) bond motifs is 1. The number of rotatable bonds is 8. The Kier molecular flexibility index (Phi) is 9.80. The van der Waals surface area contributed by atoms with Crippen LogP contribution >= 0.6 is 0 Å². The van der Waals surface area contributed by atoms with Crippen LogP contribution in [0.4, 0.5) is 10.5 Å². The number of sulfonamides is 1. The second-order valence-corrected chi connectivity index (χ2v) is 13.1. The number of anilines is 1. The second-order valence-electron chi connectivity index (χ2n) is 11.4. The summed E-state index contributed by atoms with van der Waals surface area (Å²) in [6.07, 6.45) is 4.94. The molecule has 3 N–H and O–H groups in total. The van der Waals surface area contributed by atoms with E-state index in [1.165, 1.54) is 24.6 Å². The molecule has 1 heterocycles. The number of carbonyl (C=O) groups excluding carboxylic acids is 2. The number of likely N-dealkylation sites (N-methyl/N-ethyl adjacent to an activating group) is 1. The van der Waals surface area contributed by atoms with Gasteiger partial charge in [0.2, 0.25) is 0 Å². The number of hydrogen-bond acceptors (Lipinski definition) is 6. The lowest BCUT2D eigenvalue weighted by Gasteiger charge is -2.38. The molecule has 0 aromatic heterocycles. The zero-order valence-electron chi connectivity index (χ0n) is 24.3. The van der Waals surface area contributed by atoms with Gasteiger partial charge in [-0.2, -0.15) is 0 Å². The lowest BCUT2D eigenvalue weighted by atomic mass is 9.96. The minimum Gasteiger partial charge on any atom is -0.487 e. The standard InChI is InChI=1S/C30H42N4O6S/c1-20-10-13-25(14-11-20)41(38,39)32-24-12-15-27-26(16-24)29(36)34(22(3)19-35)17-21(2)28(40-27)18-33(4)30(37)31-23-8-6-5-7-9-23/h10-16,21-23,28,32,35H,5-9,17-19H2,1-4H3,(H,31,37)/t21-,22-,28-/m1/s1. The van der Waals surface area contributed by atoms with Crippen LogP contribution in [0.3, 0.4) is 0 Å². The summed E-state index contributed by atoms with van der Waals surface area (Å²) in [5.41, 5.74) is 1.33. The zero-order valence-corrected chi connectivity index (χ0v) is 25.1. The fraction of sp³-hybridized carbons (Fsp3) is 0.533. The van der Waals surface area contributed by atoms with Gasteiger partial charge in [0, 0.05) is 31.2 Å². The number of benzene rings is 2. The van der Waals surface area contributed by atoms with E-state index in [2.05, 4.69) is 10.0 Å². The average molecular weight is 587 g/mol. The quantitative estimate of drug-likeness (QED) is 0.429. The lowest BCUT2D eigenvalue weighted by molar-refractivity contribution is 0.0366. The van der Waals surface area contributed by atoms with E-state index in [4.69, 9.17) is 4.74 Å². The van der Waals surface area contributed by atoms with Crippen molar-refractivity contribution in [1.29, 1.82) is 0 Å². The van der Waals surface area contributed by atoms with Gasteiger partial charge in [-0.1, -0.05) is 43.9 Å². The molecular formula is C30H42N4O6S. The lowest BCUT2D eigenvalue weighted by Crippen LogP contribution is -2.52. The van der Waals surface area contributed by atoms with Crippen LogP contribution in [0, 0.1) is 12.8 Å². The van der Waals surface area contributed by atoms with Gasteiger partial charge in [0.25, 0.3) is 15.9 Å². The highest BCUT2D eigenvalue weighted by Crippen LogP contribution is 2.31. The first kappa shape index (κ1) is 30.6. The molecule has 4 rings (SSSR count). The predicted molar refractivity (Wildman–Crippen MR) is 158 cm³/mol. The molecule has 2 aliphatic rings. The number of ether oxygens (including phenoxy) is 1. The van der Waals surface area contributed by atoms with Crippen molar-refractivity contribution < 1.29 is 27.9 Å². The molecule has 10 nitrogen and oxygen atoms in total. The smallest absolute Gasteiger partial charge is 0.317 e. The van der Waals surface area contributed by atoms with Crippen molar-refractivity contribution in [3.8, 4) is 5.75 Å². The third-order valence-corrected chi connectivity index (χ3v) is 9.38. The number of aryl methyl sites for hydroxylation is 1. The molecule has 0 radical (unpaired) electrons. The summed E-state index contributed by atoms with van der Waals surface area (Å²) in [5, 5.41) is 13.0. The van der Waals surface area contributed by atoms with Crippen molar-refractivity contribution in [2.75, 3.05) is 31.5 Å². The molecule has 11 heteroatoms. The first-order chi connectivity index (χ1) is 19.5. The highest BCUT2D eigenvalue weighted by Gasteiger charge is 2.34. The van der Waals surface area contributed by atoms with Crippen LogP contribution in [0.5, 0.6) is 5.75 Å². The Morgan fingerprint density at radius 2 is 1.83 bits per heavy atom. The SMILES string of the molecule is Cc1ccc(S(=O)(=O)Nc2ccc3c(c2)C(=O)N([C@H](C)CO)C[C@@H](C)[C@@H](CN(C)C(=O)NC2CCCCC2)O3)cc1. The molecule has 1 aliphatic carbocycles. The molecule has 0 bridgehead atoms. The van der Waals surface area contributed by atoms with Crippen molar-refractivity contribution in [2.24, 2.45) is 5.92 Å². The molecule has 1 aliphatic heterocycles. The summed E-state index contributed by atoms with van der Waals surface area (Å²) >= 11 is 0. The number of hydrogen-bond donors (Lipinski definition) is 3. The predicted octanol–water partition coefficient (Wildman–Crippen LogP) is 3.99. The summed E-state index contributed by atoms with van der Waals surface area (Å²) in [5.74, 6) is -0.238. The van der Waals surface area contributed by atoms with E-state index in [1.54, 1.807) is 48.0 Å². The molecule has 41 heavy (non-hydrogen) atoms. The van der Waals surface area contributed by atoms with Crippen molar-refractivity contribution in [3.05, 3.63) is 53.6 Å². The number of aliphatic hydroxyl groups is 1. The van der Waals surface area contributed by atoms with E-state index in [-0.39, 0.29) is 53.2 Å². The molecule has 3 amide bonds. The molecule has 1 fully saturated rings. The summed E-state index contributed by atoms with van der Waals surface area (Å²) < 4.78 is 35.0. The van der Waals surface area contributed by atoms with Gasteiger partial charge in [-0.05, 0) is 57.0 Å². The maximum Gasteiger partial charge on any atom is 0.317 e. The van der Waals surface area contributed by atoms with E-state index < -0.39 is 22.2 Å². The fourth-order valence-corrected chi connectivity index (χ4v) is 6.37. The third-order valence-electron chi connectivity index (χ3n) is 7.98. The van der Waals surface area contributed by atoms with Gasteiger partial charge in [-0.3, -0.25) is 9.52 Å². The van der Waals surface area contributed by atoms with Gasteiger partial charge in [-0.15, -0.1) is 0 Å². The molecule has 3 atom stereocenters. The van der Waals surface area contributed by atoms with E-state index in [9.17, 15) is 23.1 Å². The van der Waals surface area contributed by atoms with Crippen LogP contribution in [-0.4, -0.2) is 80.2 Å². The Morgan fingerprint density at radius 1 is 1.15 bits per heavy atom. The largest absolute Gasteiger partial charge is 0.487 e. The van der Waals surface area contributed by atoms with E-state index in [0.717, 1.165) is 31.2 Å². The van der Waals surface area contributed by atoms with E-state index in [0.29, 0.717) is 12.3 Å². The van der Waals surface area contributed by atoms with E-state index in [1.807, 2.05) is 13.8 Å². The van der Waals surface area contributed by atoms with Crippen LogP contribution in [0.15, 0.2) is 47.4 Å². The molecule has 2 aromatic rings. The summed E-state index contributed by atoms with van der Waals surface area (Å²) in [6.45, 7) is 5.94. The second kappa shape index (κ2) is 13.1. The first-order valence-electron chi connectivity index (χ1n) is 14.3. The summed E-state index contributed by atoms with van der Waals surface area (Å²) in [7, 11) is -2.16. The number of nitrogens with one attached hydrogen (secondary N) is 2. The molecule has 0 saturated heterocycles. The Labute approximate surface area is 243 Å². The number of nitrogens with zero attached hydrogens (tertiary/aromatic N) is 2. The van der Waals surface area contributed by atoms with Gasteiger partial charge in [-0.25, -0.2) is 13.2 Å². The van der Waals surface area contributed by atoms with Crippen LogP contribution in [0.25, 0.3) is 0 Å². The highest BCUT2D eigenvalue weighted by molar-refractivity contribution is 7.92. The topological polar surface area (TPSA) is 128 Å². The van der Waals surface area contributed by atoms with Gasteiger partial charge < -0.3 is 25.0 Å². The van der Waals surface area contributed by atoms with Gasteiger partial charge in [0.1, 0.15) is 11.9 Å². The average Bonchev–Trinajstić information content (AvgIpc) is 2.95. The van der Waals surface area contributed by atoms with Gasteiger partial charge in [0.05, 0.1) is 29.7 Å². The molecule has 0 unspecified atom stereocenters. The van der Waals surface area contributed by atoms with Crippen LogP contribution in [0.2, 0.25) is 0 Å². The van der Waals surface area contributed by atoms with Crippen molar-refractivity contribution in [3.63, 3.8) is 0 Å². The molecule has 0 spiro atoms.